The Kier molecular flexibility index (Phi) is 4.03. The molecule has 0 aliphatic heterocycles. The molecule has 1 aromatic carbocycles. The minimum atomic E-state index is -0.825. The highest BCUT2D eigenvalue weighted by molar-refractivity contribution is 5.85. The zero-order valence-electron chi connectivity index (χ0n) is 11.9. The van der Waals surface area contributed by atoms with Gasteiger partial charge in [-0.15, -0.1) is 0 Å². The Balaban J connectivity index is 2.95. The number of rotatable bonds is 5. The molecule has 1 amide bonds. The molecule has 0 atom stereocenters. The van der Waals surface area contributed by atoms with Gasteiger partial charge in [0.2, 0.25) is 5.91 Å². The molecule has 0 unspecified atom stereocenters. The van der Waals surface area contributed by atoms with Gasteiger partial charge in [-0.2, -0.15) is 0 Å². The molecule has 0 aromatic heterocycles. The molecule has 0 bridgehead atoms. The van der Waals surface area contributed by atoms with Crippen molar-refractivity contribution in [2.24, 2.45) is 11.1 Å². The fourth-order valence-corrected chi connectivity index (χ4v) is 1.77. The van der Waals surface area contributed by atoms with Crippen LogP contribution in [0, 0.1) is 5.41 Å². The highest BCUT2D eigenvalue weighted by atomic mass is 16.4. The topological polar surface area (TPSA) is 80.4 Å². The van der Waals surface area contributed by atoms with Crippen molar-refractivity contribution in [1.29, 1.82) is 0 Å². The highest BCUT2D eigenvalue weighted by Gasteiger charge is 2.29. The summed E-state index contributed by atoms with van der Waals surface area (Å²) >= 11 is 0. The number of benzene rings is 1. The van der Waals surface area contributed by atoms with E-state index in [-0.39, 0.29) is 5.91 Å². The summed E-state index contributed by atoms with van der Waals surface area (Å²) in [7, 11) is 0. The maximum atomic E-state index is 11.4. The van der Waals surface area contributed by atoms with Gasteiger partial charge in [0.1, 0.15) is 0 Å². The van der Waals surface area contributed by atoms with Crippen LogP contribution in [-0.2, 0) is 21.4 Å². The summed E-state index contributed by atoms with van der Waals surface area (Å²) in [5, 5.41) is 9.10. The van der Waals surface area contributed by atoms with E-state index in [1.165, 1.54) is 0 Å². The maximum Gasteiger partial charge on any atom is 0.309 e. The van der Waals surface area contributed by atoms with Gasteiger partial charge < -0.3 is 10.8 Å². The number of carboxylic acids is 1. The Bertz CT molecular complexity index is 487. The van der Waals surface area contributed by atoms with Crippen molar-refractivity contribution in [3.05, 3.63) is 35.4 Å². The van der Waals surface area contributed by atoms with Gasteiger partial charge in [0.25, 0.3) is 0 Å². The van der Waals surface area contributed by atoms with Crippen molar-refractivity contribution in [2.75, 3.05) is 0 Å². The Labute approximate surface area is 113 Å². The average Bonchev–Trinajstić information content (AvgIpc) is 2.28. The van der Waals surface area contributed by atoms with E-state index in [1.807, 2.05) is 24.3 Å². The van der Waals surface area contributed by atoms with Crippen LogP contribution in [0.4, 0.5) is 0 Å². The van der Waals surface area contributed by atoms with Gasteiger partial charge in [-0.05, 0) is 45.2 Å². The molecule has 104 valence electrons. The molecular formula is C15H21NO3. The van der Waals surface area contributed by atoms with Crippen molar-refractivity contribution in [2.45, 2.75) is 39.5 Å². The van der Waals surface area contributed by atoms with Gasteiger partial charge in [0, 0.05) is 0 Å². The fourth-order valence-electron chi connectivity index (χ4n) is 1.77. The second-order valence-electron chi connectivity index (χ2n) is 6.05. The molecule has 4 heteroatoms. The zero-order chi connectivity index (χ0) is 14.8. The average molecular weight is 263 g/mol. The normalized spacial score (nSPS) is 12.2. The first-order chi connectivity index (χ1) is 8.57. The summed E-state index contributed by atoms with van der Waals surface area (Å²) in [5.41, 5.74) is 5.60. The number of carbonyl (C=O) groups is 2. The number of aliphatic carboxylic acids is 1. The second-order valence-corrected chi connectivity index (χ2v) is 6.05. The highest BCUT2D eigenvalue weighted by Crippen LogP contribution is 2.26. The predicted octanol–water partition coefficient (Wildman–Crippen LogP) is 2.10. The summed E-state index contributed by atoms with van der Waals surface area (Å²) in [4.78, 5) is 22.4. The first-order valence-electron chi connectivity index (χ1n) is 6.20. The smallest absolute Gasteiger partial charge is 0.309 e. The standard InChI is InChI=1S/C15H21NO3/c1-14(2,13(18)19)9-10-5-7-11(8-6-10)15(3,4)12(16)17/h5-8H,9H2,1-4H3,(H2,16,17)(H,18,19). The van der Waals surface area contributed by atoms with Crippen LogP contribution in [0.3, 0.4) is 0 Å². The molecule has 3 N–H and O–H groups in total. The Morgan fingerprint density at radius 3 is 1.95 bits per heavy atom. The minimum absolute atomic E-state index is 0.383. The number of primary amides is 1. The van der Waals surface area contributed by atoms with E-state index in [0.717, 1.165) is 11.1 Å². The number of amides is 1. The van der Waals surface area contributed by atoms with Crippen LogP contribution in [0.15, 0.2) is 24.3 Å². The maximum absolute atomic E-state index is 11.4. The van der Waals surface area contributed by atoms with E-state index in [9.17, 15) is 9.59 Å². The summed E-state index contributed by atoms with van der Waals surface area (Å²) in [6, 6.07) is 7.37. The van der Waals surface area contributed by atoms with Crippen LogP contribution in [0.2, 0.25) is 0 Å². The van der Waals surface area contributed by atoms with E-state index >= 15 is 0 Å². The Morgan fingerprint density at radius 1 is 1.11 bits per heavy atom. The number of carboxylic acid groups (broad SMARTS) is 1. The zero-order valence-corrected chi connectivity index (χ0v) is 11.9. The van der Waals surface area contributed by atoms with Gasteiger partial charge in [-0.3, -0.25) is 9.59 Å². The molecule has 0 spiro atoms. The van der Waals surface area contributed by atoms with Crippen LogP contribution in [0.5, 0.6) is 0 Å². The van der Waals surface area contributed by atoms with Crippen molar-refractivity contribution >= 4 is 11.9 Å². The molecule has 0 saturated carbocycles. The summed E-state index contributed by atoms with van der Waals surface area (Å²) in [6.07, 6.45) is 0.444. The second kappa shape index (κ2) is 5.03. The number of hydrogen-bond acceptors (Lipinski definition) is 2. The quantitative estimate of drug-likeness (QED) is 0.853. The Morgan fingerprint density at radius 2 is 1.58 bits per heavy atom. The van der Waals surface area contributed by atoms with Gasteiger partial charge in [-0.25, -0.2) is 0 Å². The predicted molar refractivity (Wildman–Crippen MR) is 73.8 cm³/mol. The molecule has 4 nitrogen and oxygen atoms in total. The van der Waals surface area contributed by atoms with E-state index in [4.69, 9.17) is 10.8 Å². The summed E-state index contributed by atoms with van der Waals surface area (Å²) < 4.78 is 0. The lowest BCUT2D eigenvalue weighted by Gasteiger charge is -2.22. The third-order valence-electron chi connectivity index (χ3n) is 3.52. The van der Waals surface area contributed by atoms with Crippen LogP contribution < -0.4 is 5.73 Å². The van der Waals surface area contributed by atoms with Crippen LogP contribution in [0.1, 0.15) is 38.8 Å². The molecule has 0 heterocycles. The van der Waals surface area contributed by atoms with Crippen LogP contribution in [0.25, 0.3) is 0 Å². The molecule has 0 aliphatic carbocycles. The lowest BCUT2D eigenvalue weighted by Crippen LogP contribution is -2.35. The molecule has 0 radical (unpaired) electrons. The Hall–Kier alpha value is -1.84. The van der Waals surface area contributed by atoms with Gasteiger partial charge >= 0.3 is 5.97 Å². The molecule has 1 aromatic rings. The van der Waals surface area contributed by atoms with Crippen molar-refractivity contribution in [3.8, 4) is 0 Å². The first kappa shape index (κ1) is 15.2. The molecule has 1 rings (SSSR count). The van der Waals surface area contributed by atoms with Gasteiger partial charge in [0.05, 0.1) is 10.8 Å². The first-order valence-corrected chi connectivity index (χ1v) is 6.20. The molecule has 0 aliphatic rings. The van der Waals surface area contributed by atoms with Gasteiger partial charge in [0.15, 0.2) is 0 Å². The number of hydrogen-bond donors (Lipinski definition) is 2. The largest absolute Gasteiger partial charge is 0.481 e. The van der Waals surface area contributed by atoms with E-state index < -0.39 is 16.8 Å². The fraction of sp³-hybridized carbons (Fsp3) is 0.467. The minimum Gasteiger partial charge on any atom is -0.481 e. The van der Waals surface area contributed by atoms with Crippen LogP contribution in [-0.4, -0.2) is 17.0 Å². The molecule has 0 fully saturated rings. The van der Waals surface area contributed by atoms with Crippen molar-refractivity contribution in [3.63, 3.8) is 0 Å². The van der Waals surface area contributed by atoms with Crippen LogP contribution >= 0.6 is 0 Å². The number of carbonyl (C=O) groups excluding carboxylic acids is 1. The van der Waals surface area contributed by atoms with Crippen molar-refractivity contribution < 1.29 is 14.7 Å². The van der Waals surface area contributed by atoms with E-state index in [2.05, 4.69) is 0 Å². The SMILES string of the molecule is CC(C)(Cc1ccc(C(C)(C)C(N)=O)cc1)C(=O)O. The lowest BCUT2D eigenvalue weighted by atomic mass is 9.81. The molecule has 0 saturated heterocycles. The van der Waals surface area contributed by atoms with E-state index in [1.54, 1.807) is 27.7 Å². The molecular weight excluding hydrogens is 242 g/mol. The molecule has 19 heavy (non-hydrogen) atoms. The lowest BCUT2D eigenvalue weighted by molar-refractivity contribution is -0.146. The van der Waals surface area contributed by atoms with Crippen molar-refractivity contribution in [1.82, 2.24) is 0 Å². The van der Waals surface area contributed by atoms with E-state index in [0.29, 0.717) is 6.42 Å². The number of nitrogens with two attached hydrogens (primary N) is 1. The monoisotopic (exact) mass is 263 g/mol. The van der Waals surface area contributed by atoms with Gasteiger partial charge in [-0.1, -0.05) is 24.3 Å². The summed E-state index contributed by atoms with van der Waals surface area (Å²) in [6.45, 7) is 6.92. The third-order valence-corrected chi connectivity index (χ3v) is 3.52. The third kappa shape index (κ3) is 3.34. The summed E-state index contributed by atoms with van der Waals surface area (Å²) in [5.74, 6) is -1.21.